The molecule has 0 amide bonds. The quantitative estimate of drug-likeness (QED) is 0.397. The smallest absolute Gasteiger partial charge is 0.264 e. The van der Waals surface area contributed by atoms with Crippen LogP contribution < -0.4 is 4.57 Å². The van der Waals surface area contributed by atoms with E-state index in [2.05, 4.69) is 48.9 Å². The minimum absolute atomic E-state index is 0.874. The molecule has 0 aliphatic carbocycles. The van der Waals surface area contributed by atoms with Gasteiger partial charge in [-0.1, -0.05) is 0 Å². The van der Waals surface area contributed by atoms with Gasteiger partial charge >= 0.3 is 5.78 Å². The molecule has 4 aromatic heterocycles. The number of aryl methyl sites for hydroxylation is 1. The summed E-state index contributed by atoms with van der Waals surface area (Å²) in [6.07, 6.45) is 7.85. The molecule has 5 nitrogen and oxygen atoms in total. The largest absolute Gasteiger partial charge is 0.329 e. The van der Waals surface area contributed by atoms with Gasteiger partial charge < -0.3 is 0 Å². The summed E-state index contributed by atoms with van der Waals surface area (Å²) in [5.74, 6) is 1.16. The van der Waals surface area contributed by atoms with E-state index in [1.807, 2.05) is 24.7 Å². The predicted molar refractivity (Wildman–Crippen MR) is 74.2 cm³/mol. The first-order valence-corrected chi connectivity index (χ1v) is 6.62. The molecular weight excluding hydrogens is 250 g/mol. The molecule has 1 aliphatic heterocycles. The molecule has 0 bridgehead atoms. The van der Waals surface area contributed by atoms with Gasteiger partial charge in [0.2, 0.25) is 0 Å². The highest BCUT2D eigenvalue weighted by atomic mass is 15.3. The van der Waals surface area contributed by atoms with E-state index in [9.17, 15) is 0 Å². The molecule has 0 radical (unpaired) electrons. The molecule has 0 saturated heterocycles. The Morgan fingerprint density at radius 1 is 1.25 bits per heavy atom. The van der Waals surface area contributed by atoms with Gasteiger partial charge in [0.15, 0.2) is 5.52 Å². The minimum atomic E-state index is 0.874. The normalized spacial score (nSPS) is 13.1. The molecule has 0 fully saturated rings. The number of fused-ring (bicyclic) bond motifs is 7. The highest BCUT2D eigenvalue weighted by molar-refractivity contribution is 5.76. The summed E-state index contributed by atoms with van der Waals surface area (Å²) in [6.45, 7) is 0.874. The van der Waals surface area contributed by atoms with E-state index in [0.717, 1.165) is 23.5 Å². The van der Waals surface area contributed by atoms with E-state index in [1.165, 1.54) is 16.8 Å². The van der Waals surface area contributed by atoms with Gasteiger partial charge in [0.05, 0.1) is 26.0 Å². The average Bonchev–Trinajstić information content (AvgIpc) is 3.09. The Balaban J connectivity index is 1.97. The molecule has 20 heavy (non-hydrogen) atoms. The summed E-state index contributed by atoms with van der Waals surface area (Å²) in [5, 5.41) is 0. The minimum Gasteiger partial charge on any atom is -0.264 e. The Hall–Kier alpha value is -2.69. The van der Waals surface area contributed by atoms with Crippen LogP contribution >= 0.6 is 0 Å². The third kappa shape index (κ3) is 1.02. The fraction of sp³-hybridized carbons (Fsp3) is 0.133. The number of hydrogen-bond donors (Lipinski definition) is 0. The number of aromatic nitrogens is 5. The van der Waals surface area contributed by atoms with Crippen LogP contribution in [0.2, 0.25) is 0 Å². The Kier molecular flexibility index (Phi) is 1.65. The van der Waals surface area contributed by atoms with Gasteiger partial charge in [-0.3, -0.25) is 4.98 Å². The van der Waals surface area contributed by atoms with Crippen molar-refractivity contribution in [2.45, 2.75) is 6.54 Å². The first kappa shape index (κ1) is 10.1. The van der Waals surface area contributed by atoms with Crippen molar-refractivity contribution in [3.05, 3.63) is 48.5 Å². The van der Waals surface area contributed by atoms with Crippen LogP contribution in [0.1, 0.15) is 5.56 Å². The number of nitrogens with zero attached hydrogens (tertiary/aromatic N) is 5. The molecular formula is C15H12N5+. The van der Waals surface area contributed by atoms with Gasteiger partial charge in [-0.05, 0) is 18.2 Å². The van der Waals surface area contributed by atoms with Crippen LogP contribution in [0.4, 0.5) is 0 Å². The summed E-state index contributed by atoms with van der Waals surface area (Å²) < 4.78 is 6.70. The lowest BCUT2D eigenvalue weighted by atomic mass is 10.1. The highest BCUT2D eigenvalue weighted by Crippen LogP contribution is 2.33. The van der Waals surface area contributed by atoms with Gasteiger partial charge in [-0.15, -0.1) is 4.98 Å². The van der Waals surface area contributed by atoms with Crippen LogP contribution in [0.25, 0.3) is 28.2 Å². The second-order valence-electron chi connectivity index (χ2n) is 5.21. The molecule has 5 rings (SSSR count). The molecule has 0 unspecified atom stereocenters. The monoisotopic (exact) mass is 262 g/mol. The third-order valence-corrected chi connectivity index (χ3v) is 4.15. The molecule has 5 heterocycles. The molecule has 0 saturated carbocycles. The van der Waals surface area contributed by atoms with Gasteiger partial charge in [0.1, 0.15) is 5.69 Å². The van der Waals surface area contributed by atoms with Crippen molar-refractivity contribution in [2.24, 2.45) is 7.05 Å². The van der Waals surface area contributed by atoms with Gasteiger partial charge in [-0.25, -0.2) is 13.5 Å². The summed E-state index contributed by atoms with van der Waals surface area (Å²) in [6, 6.07) is 6.18. The van der Waals surface area contributed by atoms with Crippen molar-refractivity contribution in [3.63, 3.8) is 0 Å². The van der Waals surface area contributed by atoms with E-state index in [1.54, 1.807) is 0 Å². The number of pyridine rings is 2. The second kappa shape index (κ2) is 3.25. The zero-order valence-corrected chi connectivity index (χ0v) is 11.0. The average molecular weight is 262 g/mol. The summed E-state index contributed by atoms with van der Waals surface area (Å²) in [7, 11) is 2.07. The molecule has 0 aromatic carbocycles. The zero-order chi connectivity index (χ0) is 13.3. The topological polar surface area (TPSA) is 39.0 Å². The van der Waals surface area contributed by atoms with Crippen molar-refractivity contribution < 1.29 is 4.57 Å². The Bertz CT molecular complexity index is 992. The molecule has 4 aromatic rings. The van der Waals surface area contributed by atoms with Gasteiger partial charge in [0.25, 0.3) is 5.65 Å². The molecule has 0 N–H and O–H groups in total. The van der Waals surface area contributed by atoms with E-state index < -0.39 is 0 Å². The van der Waals surface area contributed by atoms with Gasteiger partial charge in [0, 0.05) is 23.5 Å². The van der Waals surface area contributed by atoms with Crippen LogP contribution in [-0.2, 0) is 13.6 Å². The maximum atomic E-state index is 4.48. The predicted octanol–water partition coefficient (Wildman–Crippen LogP) is 1.54. The fourth-order valence-corrected chi connectivity index (χ4v) is 3.28. The van der Waals surface area contributed by atoms with E-state index in [4.69, 9.17) is 0 Å². The Labute approximate surface area is 114 Å². The van der Waals surface area contributed by atoms with E-state index >= 15 is 0 Å². The molecule has 96 valence electrons. The molecule has 5 heteroatoms. The lowest BCUT2D eigenvalue weighted by Gasteiger charge is -1.94. The summed E-state index contributed by atoms with van der Waals surface area (Å²) in [4.78, 5) is 8.71. The second-order valence-corrected chi connectivity index (χ2v) is 5.21. The lowest BCUT2D eigenvalue weighted by molar-refractivity contribution is -0.623. The SMILES string of the molecule is C[n+]1c2ncccc2n2cc3n(c21)Cc1cnccc1-3. The summed E-state index contributed by atoms with van der Waals surface area (Å²) >= 11 is 0. The zero-order valence-electron chi connectivity index (χ0n) is 11.0. The Morgan fingerprint density at radius 3 is 3.15 bits per heavy atom. The van der Waals surface area contributed by atoms with E-state index in [0.29, 0.717) is 0 Å². The van der Waals surface area contributed by atoms with Crippen molar-refractivity contribution in [1.29, 1.82) is 0 Å². The fourth-order valence-electron chi connectivity index (χ4n) is 3.28. The summed E-state index contributed by atoms with van der Waals surface area (Å²) in [5.41, 5.74) is 5.96. The third-order valence-electron chi connectivity index (χ3n) is 4.15. The van der Waals surface area contributed by atoms with Crippen LogP contribution in [0.5, 0.6) is 0 Å². The lowest BCUT2D eigenvalue weighted by Crippen LogP contribution is -2.30. The molecule has 1 aliphatic rings. The molecule has 0 atom stereocenters. The van der Waals surface area contributed by atoms with Crippen LogP contribution in [0.15, 0.2) is 43.0 Å². The standard InChI is InChI=1S/C15H12N5/c1-18-14-12(3-2-5-17-14)20-9-13-11-4-6-16-7-10(11)8-19(13)15(18)20/h2-7,9H,8H2,1H3/q+1. The maximum Gasteiger partial charge on any atom is 0.329 e. The number of hydrogen-bond acceptors (Lipinski definition) is 2. The van der Waals surface area contributed by atoms with E-state index in [-0.39, 0.29) is 0 Å². The van der Waals surface area contributed by atoms with Crippen molar-refractivity contribution in [2.75, 3.05) is 0 Å². The van der Waals surface area contributed by atoms with Crippen molar-refractivity contribution in [1.82, 2.24) is 18.9 Å². The van der Waals surface area contributed by atoms with Crippen molar-refractivity contribution >= 4 is 16.9 Å². The first-order valence-electron chi connectivity index (χ1n) is 6.62. The highest BCUT2D eigenvalue weighted by Gasteiger charge is 2.29. The number of imidazole rings is 2. The van der Waals surface area contributed by atoms with Crippen LogP contribution in [0.3, 0.4) is 0 Å². The molecule has 0 spiro atoms. The van der Waals surface area contributed by atoms with Gasteiger partial charge in [-0.2, -0.15) is 0 Å². The van der Waals surface area contributed by atoms with Crippen LogP contribution in [0, 0.1) is 0 Å². The van der Waals surface area contributed by atoms with Crippen molar-refractivity contribution in [3.8, 4) is 11.3 Å². The van der Waals surface area contributed by atoms with Crippen LogP contribution in [-0.4, -0.2) is 18.9 Å². The number of rotatable bonds is 0. The first-order chi connectivity index (χ1) is 9.84. The maximum absolute atomic E-state index is 4.48. The Morgan fingerprint density at radius 2 is 2.20 bits per heavy atom.